The Morgan fingerprint density at radius 1 is 1.00 bits per heavy atom. The molecule has 7 nitrogen and oxygen atoms in total. The van der Waals surface area contributed by atoms with E-state index in [-0.39, 0.29) is 16.0 Å². The van der Waals surface area contributed by atoms with E-state index in [0.29, 0.717) is 3.97 Å². The molecule has 35 heavy (non-hydrogen) atoms. The van der Waals surface area contributed by atoms with Gasteiger partial charge in [-0.2, -0.15) is 9.65 Å². The largest absolute Gasteiger partial charge is 0.453 e. The van der Waals surface area contributed by atoms with Crippen LogP contribution in [0.1, 0.15) is 11.1 Å². The Bertz CT molecular complexity index is 1760. The molecule has 1 heterocycles. The molecule has 0 spiro atoms. The molecule has 1 aromatic heterocycles. The van der Waals surface area contributed by atoms with E-state index >= 15 is 8.78 Å². The third-order valence-corrected chi connectivity index (χ3v) is 8.02. The third-order valence-electron chi connectivity index (χ3n) is 5.15. The Morgan fingerprint density at radius 2 is 1.66 bits per heavy atom. The maximum absolute atomic E-state index is 15.3. The summed E-state index contributed by atoms with van der Waals surface area (Å²) in [5.41, 5.74) is -0.406. The molecule has 0 aliphatic rings. The van der Waals surface area contributed by atoms with Gasteiger partial charge < -0.3 is 4.74 Å². The first-order valence-electron chi connectivity index (χ1n) is 9.82. The van der Waals surface area contributed by atoms with Gasteiger partial charge in [0.2, 0.25) is 5.82 Å². The van der Waals surface area contributed by atoms with Gasteiger partial charge in [-0.15, -0.1) is 0 Å². The molecule has 1 unspecified atom stereocenters. The second kappa shape index (κ2) is 8.44. The fourth-order valence-electron chi connectivity index (χ4n) is 3.51. The first-order valence-corrected chi connectivity index (χ1v) is 13.2. The topological polar surface area (TPSA) is 113 Å². The van der Waals surface area contributed by atoms with Crippen molar-refractivity contribution < 1.29 is 30.5 Å². The molecule has 12 heteroatoms. The van der Waals surface area contributed by atoms with Crippen molar-refractivity contribution in [2.24, 2.45) is 0 Å². The van der Waals surface area contributed by atoms with Crippen LogP contribution in [0.4, 0.5) is 13.2 Å². The first-order chi connectivity index (χ1) is 16.4. The summed E-state index contributed by atoms with van der Waals surface area (Å²) in [5, 5.41) is 8.69. The van der Waals surface area contributed by atoms with Gasteiger partial charge in [0.1, 0.15) is 28.0 Å². The van der Waals surface area contributed by atoms with Crippen LogP contribution in [0.3, 0.4) is 0 Å². The van der Waals surface area contributed by atoms with E-state index < -0.39 is 58.9 Å². The third kappa shape index (κ3) is 4.13. The second-order valence-corrected chi connectivity index (χ2v) is 11.6. The van der Waals surface area contributed by atoms with Crippen molar-refractivity contribution in [3.8, 4) is 17.6 Å². The lowest BCUT2D eigenvalue weighted by atomic mass is 10.2. The number of fused-ring (bicyclic) bond motifs is 1. The van der Waals surface area contributed by atoms with E-state index in [0.717, 1.165) is 42.3 Å². The zero-order valence-electron chi connectivity index (χ0n) is 18.2. The lowest BCUT2D eigenvalue weighted by molar-refractivity contribution is 0.408. The minimum atomic E-state index is -4.39. The van der Waals surface area contributed by atoms with Gasteiger partial charge >= 0.3 is 0 Å². The smallest absolute Gasteiger partial charge is 0.268 e. The van der Waals surface area contributed by atoms with Crippen LogP contribution in [0.15, 0.2) is 64.5 Å². The van der Waals surface area contributed by atoms with Crippen LogP contribution in [-0.2, 0) is 19.8 Å². The van der Waals surface area contributed by atoms with Crippen LogP contribution in [0, 0.1) is 40.5 Å². The summed E-state index contributed by atoms with van der Waals surface area (Å²) in [6.45, 7) is 1.75. The highest BCUT2D eigenvalue weighted by Gasteiger charge is 2.31. The van der Waals surface area contributed by atoms with Gasteiger partial charge in [-0.3, -0.25) is 0 Å². The highest BCUT2D eigenvalue weighted by Crippen LogP contribution is 2.41. The maximum Gasteiger partial charge on any atom is 0.268 e. The molecule has 4 rings (SSSR count). The summed E-state index contributed by atoms with van der Waals surface area (Å²) in [6, 6.07) is 11.2. The Hall–Kier alpha value is -3.82. The van der Waals surface area contributed by atoms with Crippen molar-refractivity contribution in [2.75, 3.05) is 6.26 Å². The van der Waals surface area contributed by atoms with Gasteiger partial charge in [0, 0.05) is 23.9 Å². The van der Waals surface area contributed by atoms with E-state index in [4.69, 9.17) is 14.8 Å². The van der Waals surface area contributed by atoms with Crippen molar-refractivity contribution in [2.45, 2.75) is 16.7 Å². The standard InChI is InChI=1S/C23H16F3N3O4S2/c1-13-3-6-16(7-4-13)35(31,32)29-10-9-17-21(29)19(25)20(26)22(23(17)34(2,28)30)33-15-5-8-18(24)14(11-15)12-27/h3-11,28H,1-2H3. The van der Waals surface area contributed by atoms with Gasteiger partial charge in [-0.05, 0) is 37.3 Å². The van der Waals surface area contributed by atoms with Crippen molar-refractivity contribution in [3.63, 3.8) is 0 Å². The highest BCUT2D eigenvalue weighted by molar-refractivity contribution is 7.92. The zero-order valence-corrected chi connectivity index (χ0v) is 19.8. The average molecular weight is 520 g/mol. The minimum absolute atomic E-state index is 0.194. The SMILES string of the molecule is Cc1ccc(S(=O)(=O)n2ccc3c(S(C)(=N)=O)c(Oc4ccc(F)c(C#N)c4)c(F)c(F)c32)cc1. The fourth-order valence-corrected chi connectivity index (χ4v) is 5.93. The quantitative estimate of drug-likeness (QED) is 0.384. The summed E-state index contributed by atoms with van der Waals surface area (Å²) in [7, 11) is -8.21. The molecule has 0 radical (unpaired) electrons. The van der Waals surface area contributed by atoms with Crippen LogP contribution in [0.25, 0.3) is 10.9 Å². The molecule has 0 fully saturated rings. The molecule has 3 aromatic carbocycles. The summed E-state index contributed by atoms with van der Waals surface area (Å²) in [4.78, 5) is -0.784. The van der Waals surface area contributed by atoms with Gasteiger partial charge in [0.05, 0.1) is 20.2 Å². The summed E-state index contributed by atoms with van der Waals surface area (Å²) >= 11 is 0. The van der Waals surface area contributed by atoms with Crippen molar-refractivity contribution in [1.29, 1.82) is 10.0 Å². The monoisotopic (exact) mass is 519 g/mol. The number of aryl methyl sites for hydroxylation is 1. The number of ether oxygens (including phenoxy) is 1. The predicted molar refractivity (Wildman–Crippen MR) is 122 cm³/mol. The van der Waals surface area contributed by atoms with Crippen LogP contribution in [0.2, 0.25) is 0 Å². The lowest BCUT2D eigenvalue weighted by Crippen LogP contribution is -2.14. The number of halogens is 3. The Balaban J connectivity index is 2.01. The molecule has 1 atom stereocenters. The molecule has 0 saturated carbocycles. The van der Waals surface area contributed by atoms with Crippen LogP contribution in [-0.4, -0.2) is 22.9 Å². The molecule has 4 aromatic rings. The minimum Gasteiger partial charge on any atom is -0.453 e. The van der Waals surface area contributed by atoms with E-state index in [2.05, 4.69) is 0 Å². The average Bonchev–Trinajstić information content (AvgIpc) is 3.23. The number of benzene rings is 3. The predicted octanol–water partition coefficient (Wildman–Crippen LogP) is 5.30. The fraction of sp³-hybridized carbons (Fsp3) is 0.0870. The Kier molecular flexibility index (Phi) is 5.86. The maximum atomic E-state index is 15.3. The molecular formula is C23H16F3N3O4S2. The summed E-state index contributed by atoms with van der Waals surface area (Å²) < 4.78 is 97.5. The number of nitrogens with one attached hydrogen (secondary N) is 1. The first kappa shape index (κ1) is 24.3. The molecule has 0 aliphatic carbocycles. The second-order valence-electron chi connectivity index (χ2n) is 7.68. The van der Waals surface area contributed by atoms with Crippen LogP contribution < -0.4 is 4.74 Å². The molecular weight excluding hydrogens is 503 g/mol. The van der Waals surface area contributed by atoms with Gasteiger partial charge in [0.25, 0.3) is 10.0 Å². The number of hydrogen-bond acceptors (Lipinski definition) is 6. The van der Waals surface area contributed by atoms with Crippen molar-refractivity contribution >= 4 is 30.7 Å². The number of nitrogens with zero attached hydrogens (tertiary/aromatic N) is 2. The Labute approximate surface area is 199 Å². The van der Waals surface area contributed by atoms with Crippen LogP contribution in [0.5, 0.6) is 11.5 Å². The van der Waals surface area contributed by atoms with E-state index in [9.17, 15) is 17.0 Å². The van der Waals surface area contributed by atoms with Crippen LogP contribution >= 0.6 is 0 Å². The molecule has 180 valence electrons. The van der Waals surface area contributed by atoms with Crippen molar-refractivity contribution in [3.05, 3.63) is 83.3 Å². The molecule has 0 saturated heterocycles. The number of rotatable bonds is 5. The highest BCUT2D eigenvalue weighted by atomic mass is 32.2. The zero-order chi connectivity index (χ0) is 25.7. The van der Waals surface area contributed by atoms with Gasteiger partial charge in [0.15, 0.2) is 11.6 Å². The number of hydrogen-bond donors (Lipinski definition) is 1. The number of aromatic nitrogens is 1. The van der Waals surface area contributed by atoms with E-state index in [1.54, 1.807) is 13.0 Å². The van der Waals surface area contributed by atoms with Gasteiger partial charge in [-0.1, -0.05) is 17.7 Å². The van der Waals surface area contributed by atoms with E-state index in [1.165, 1.54) is 24.3 Å². The van der Waals surface area contributed by atoms with E-state index in [1.807, 2.05) is 0 Å². The Morgan fingerprint density at radius 3 is 2.26 bits per heavy atom. The normalized spacial score (nSPS) is 13.4. The molecule has 0 aliphatic heterocycles. The summed E-state index contributed by atoms with van der Waals surface area (Å²) in [5.74, 6) is -5.40. The number of nitriles is 1. The molecule has 1 N–H and O–H groups in total. The lowest BCUT2D eigenvalue weighted by Gasteiger charge is -2.16. The molecule has 0 amide bonds. The summed E-state index contributed by atoms with van der Waals surface area (Å²) in [6.07, 6.45) is 1.90. The van der Waals surface area contributed by atoms with Crippen molar-refractivity contribution in [1.82, 2.24) is 3.97 Å². The van der Waals surface area contributed by atoms with Gasteiger partial charge in [-0.25, -0.2) is 30.2 Å². The molecule has 0 bridgehead atoms.